The van der Waals surface area contributed by atoms with Gasteiger partial charge < -0.3 is 24.6 Å². The first-order chi connectivity index (χ1) is 19.9. The Morgan fingerprint density at radius 1 is 1.00 bits per heavy atom. The molecule has 0 saturated carbocycles. The van der Waals surface area contributed by atoms with E-state index in [0.29, 0.717) is 32.7 Å². The standard InChI is InChI=1S/C32H42N4O6/c1-20(2)19-41-32(40)35-14-13-34(30(38)18-35)17-24-7-9-25(10-8-24)26-11-12-29-27(16-26)28(33-31(39)42-21(3)4)15-22(5)36(29)23(6)37/h7-12,16,20-22,28H,13-15,17-19H2,1-6H3,(H,33,39). The molecule has 0 aromatic heterocycles. The predicted molar refractivity (Wildman–Crippen MR) is 160 cm³/mol. The van der Waals surface area contributed by atoms with Crippen LogP contribution in [0.4, 0.5) is 15.3 Å². The lowest BCUT2D eigenvalue weighted by Crippen LogP contribution is -2.52. The summed E-state index contributed by atoms with van der Waals surface area (Å²) in [7, 11) is 0. The van der Waals surface area contributed by atoms with Crippen LogP contribution in [-0.2, 0) is 25.6 Å². The molecule has 4 rings (SSSR count). The third-order valence-corrected chi connectivity index (χ3v) is 7.43. The number of benzene rings is 2. The minimum Gasteiger partial charge on any atom is -0.449 e. The van der Waals surface area contributed by atoms with Crippen molar-refractivity contribution in [2.75, 3.05) is 31.1 Å². The number of hydrogen-bond donors (Lipinski definition) is 1. The Labute approximate surface area is 247 Å². The van der Waals surface area contributed by atoms with Gasteiger partial charge in [0.2, 0.25) is 11.8 Å². The smallest absolute Gasteiger partial charge is 0.410 e. The van der Waals surface area contributed by atoms with Gasteiger partial charge in [0.25, 0.3) is 0 Å². The zero-order chi connectivity index (χ0) is 30.6. The molecule has 2 aliphatic heterocycles. The molecule has 1 N–H and O–H groups in total. The molecule has 0 aliphatic carbocycles. The molecule has 226 valence electrons. The topological polar surface area (TPSA) is 108 Å². The molecular weight excluding hydrogens is 536 g/mol. The second-order valence-corrected chi connectivity index (χ2v) is 11.8. The zero-order valence-electron chi connectivity index (χ0n) is 25.4. The number of fused-ring (bicyclic) bond motifs is 1. The van der Waals surface area contributed by atoms with Gasteiger partial charge in [0, 0.05) is 38.3 Å². The highest BCUT2D eigenvalue weighted by molar-refractivity contribution is 5.94. The highest BCUT2D eigenvalue weighted by Gasteiger charge is 2.34. The van der Waals surface area contributed by atoms with Gasteiger partial charge in [-0.3, -0.25) is 14.5 Å². The lowest BCUT2D eigenvalue weighted by molar-refractivity contribution is -0.136. The summed E-state index contributed by atoms with van der Waals surface area (Å²) < 4.78 is 10.6. The first-order valence-electron chi connectivity index (χ1n) is 14.6. The fourth-order valence-corrected chi connectivity index (χ4v) is 5.43. The fraction of sp³-hybridized carbons (Fsp3) is 0.500. The quantitative estimate of drug-likeness (QED) is 0.489. The molecule has 0 bridgehead atoms. The molecule has 2 heterocycles. The Balaban J connectivity index is 1.47. The van der Waals surface area contributed by atoms with E-state index in [1.807, 2.05) is 63.2 Å². The van der Waals surface area contributed by atoms with Gasteiger partial charge in [-0.1, -0.05) is 44.2 Å². The largest absolute Gasteiger partial charge is 0.449 e. The number of hydrogen-bond acceptors (Lipinski definition) is 6. The number of alkyl carbamates (subject to hydrolysis) is 1. The van der Waals surface area contributed by atoms with E-state index in [0.717, 1.165) is 27.9 Å². The van der Waals surface area contributed by atoms with Gasteiger partial charge in [-0.05, 0) is 67.5 Å². The average Bonchev–Trinajstić information content (AvgIpc) is 2.92. The minimum absolute atomic E-state index is 0.0138. The Kier molecular flexibility index (Phi) is 9.75. The van der Waals surface area contributed by atoms with Gasteiger partial charge in [-0.2, -0.15) is 0 Å². The number of anilines is 1. The molecular formula is C32H42N4O6. The molecule has 2 unspecified atom stereocenters. The molecule has 2 aromatic carbocycles. The number of nitrogens with one attached hydrogen (secondary N) is 1. The van der Waals surface area contributed by atoms with E-state index in [-0.39, 0.29) is 42.5 Å². The van der Waals surface area contributed by atoms with Crippen molar-refractivity contribution in [2.24, 2.45) is 5.92 Å². The number of carbonyl (C=O) groups is 4. The number of piperazine rings is 1. The van der Waals surface area contributed by atoms with Crippen molar-refractivity contribution in [3.8, 4) is 11.1 Å². The number of carbonyl (C=O) groups excluding carboxylic acids is 4. The Hall–Kier alpha value is -4.08. The number of rotatable bonds is 7. The van der Waals surface area contributed by atoms with Gasteiger partial charge in [0.05, 0.1) is 18.8 Å². The predicted octanol–water partition coefficient (Wildman–Crippen LogP) is 5.11. The monoisotopic (exact) mass is 578 g/mol. The lowest BCUT2D eigenvalue weighted by atomic mass is 9.89. The van der Waals surface area contributed by atoms with Crippen molar-refractivity contribution >= 4 is 29.7 Å². The van der Waals surface area contributed by atoms with Crippen molar-refractivity contribution in [3.63, 3.8) is 0 Å². The maximum atomic E-state index is 12.7. The molecule has 42 heavy (non-hydrogen) atoms. The number of amides is 4. The van der Waals surface area contributed by atoms with E-state index in [9.17, 15) is 19.2 Å². The van der Waals surface area contributed by atoms with Gasteiger partial charge in [0.1, 0.15) is 6.54 Å². The highest BCUT2D eigenvalue weighted by Crippen LogP contribution is 2.39. The number of nitrogens with zero attached hydrogens (tertiary/aromatic N) is 3. The first-order valence-corrected chi connectivity index (χ1v) is 14.6. The Morgan fingerprint density at radius 2 is 1.69 bits per heavy atom. The summed E-state index contributed by atoms with van der Waals surface area (Å²) in [6.07, 6.45) is -0.600. The van der Waals surface area contributed by atoms with Crippen LogP contribution in [0.5, 0.6) is 0 Å². The van der Waals surface area contributed by atoms with Gasteiger partial charge >= 0.3 is 12.2 Å². The molecule has 2 aromatic rings. The SMILES string of the molecule is CC(=O)N1c2ccc(-c3ccc(CN4CCN(C(=O)OCC(C)C)CC4=O)cc3)cc2C(NC(=O)OC(C)C)CC1C. The van der Waals surface area contributed by atoms with E-state index in [2.05, 4.69) is 5.32 Å². The summed E-state index contributed by atoms with van der Waals surface area (Å²) >= 11 is 0. The molecule has 1 saturated heterocycles. The second kappa shape index (κ2) is 13.3. The molecule has 4 amide bonds. The van der Waals surface area contributed by atoms with Crippen LogP contribution in [0.25, 0.3) is 11.1 Å². The van der Waals surface area contributed by atoms with E-state index in [4.69, 9.17) is 9.47 Å². The summed E-state index contributed by atoms with van der Waals surface area (Å²) in [5, 5.41) is 2.99. The maximum absolute atomic E-state index is 12.7. The molecule has 10 heteroatoms. The van der Waals surface area contributed by atoms with E-state index in [1.165, 1.54) is 4.90 Å². The van der Waals surface area contributed by atoms with E-state index in [1.54, 1.807) is 30.6 Å². The van der Waals surface area contributed by atoms with Crippen LogP contribution in [0.3, 0.4) is 0 Å². The molecule has 2 atom stereocenters. The molecule has 0 radical (unpaired) electrons. The van der Waals surface area contributed by atoms with Crippen LogP contribution >= 0.6 is 0 Å². The van der Waals surface area contributed by atoms with Crippen molar-refractivity contribution in [3.05, 3.63) is 53.6 Å². The lowest BCUT2D eigenvalue weighted by Gasteiger charge is -2.39. The van der Waals surface area contributed by atoms with Crippen molar-refractivity contribution in [1.29, 1.82) is 0 Å². The summed E-state index contributed by atoms with van der Waals surface area (Å²) in [5.74, 6) is 0.0768. The molecule has 0 spiro atoms. The van der Waals surface area contributed by atoms with Crippen molar-refractivity contribution in [1.82, 2.24) is 15.1 Å². The van der Waals surface area contributed by atoms with Crippen LogP contribution in [-0.4, -0.2) is 72.2 Å². The third-order valence-electron chi connectivity index (χ3n) is 7.43. The fourth-order valence-electron chi connectivity index (χ4n) is 5.43. The summed E-state index contributed by atoms with van der Waals surface area (Å²) in [4.78, 5) is 54.9. The van der Waals surface area contributed by atoms with Crippen LogP contribution in [0.15, 0.2) is 42.5 Å². The highest BCUT2D eigenvalue weighted by atomic mass is 16.6. The average molecular weight is 579 g/mol. The zero-order valence-corrected chi connectivity index (χ0v) is 25.4. The summed E-state index contributed by atoms with van der Waals surface area (Å²) in [6.45, 7) is 12.7. The van der Waals surface area contributed by atoms with Crippen LogP contribution in [0.2, 0.25) is 0 Å². The van der Waals surface area contributed by atoms with Gasteiger partial charge in [0.15, 0.2) is 0 Å². The first kappa shape index (κ1) is 30.9. The van der Waals surface area contributed by atoms with Crippen molar-refractivity contribution in [2.45, 2.75) is 72.7 Å². The normalized spacial score (nSPS) is 18.7. The van der Waals surface area contributed by atoms with E-state index < -0.39 is 12.2 Å². The van der Waals surface area contributed by atoms with Crippen LogP contribution < -0.4 is 10.2 Å². The molecule has 2 aliphatic rings. The summed E-state index contributed by atoms with van der Waals surface area (Å²) in [5.41, 5.74) is 4.55. The van der Waals surface area contributed by atoms with E-state index >= 15 is 0 Å². The van der Waals surface area contributed by atoms with Gasteiger partial charge in [-0.25, -0.2) is 9.59 Å². The minimum atomic E-state index is -0.484. The maximum Gasteiger partial charge on any atom is 0.410 e. The van der Waals surface area contributed by atoms with Crippen LogP contribution in [0.1, 0.15) is 65.1 Å². The summed E-state index contributed by atoms with van der Waals surface area (Å²) in [6, 6.07) is 13.5. The van der Waals surface area contributed by atoms with Gasteiger partial charge in [-0.15, -0.1) is 0 Å². The molecule has 1 fully saturated rings. The second-order valence-electron chi connectivity index (χ2n) is 11.8. The third kappa shape index (κ3) is 7.40. The molecule has 10 nitrogen and oxygen atoms in total. The van der Waals surface area contributed by atoms with Crippen molar-refractivity contribution < 1.29 is 28.7 Å². The Morgan fingerprint density at radius 3 is 2.31 bits per heavy atom. The van der Waals surface area contributed by atoms with Crippen LogP contribution in [0, 0.1) is 5.92 Å². The number of ether oxygens (including phenoxy) is 2. The Bertz CT molecular complexity index is 1310.